The van der Waals surface area contributed by atoms with E-state index in [1.54, 1.807) is 0 Å². The lowest BCUT2D eigenvalue weighted by Crippen LogP contribution is -2.30. The summed E-state index contributed by atoms with van der Waals surface area (Å²) in [5.41, 5.74) is 5.61. The number of nitrogens with one attached hydrogen (secondary N) is 1. The van der Waals surface area contributed by atoms with Crippen molar-refractivity contribution < 1.29 is 10.3 Å². The molecule has 0 radical (unpaired) electrons. The van der Waals surface area contributed by atoms with Gasteiger partial charge >= 0.3 is 0 Å². The normalized spacial score (nSPS) is 20.2. The third kappa shape index (κ3) is 3.20. The van der Waals surface area contributed by atoms with Gasteiger partial charge < -0.3 is 21.4 Å². The Kier molecular flexibility index (Phi) is 3.50. The van der Waals surface area contributed by atoms with Crippen LogP contribution in [0, 0.1) is 5.41 Å². The van der Waals surface area contributed by atoms with Gasteiger partial charge in [-0.05, 0) is 18.3 Å². The van der Waals surface area contributed by atoms with Crippen LogP contribution < -0.4 is 11.1 Å². The molecule has 1 rings (SSSR count). The van der Waals surface area contributed by atoms with Crippen molar-refractivity contribution in [3.8, 4) is 0 Å². The summed E-state index contributed by atoms with van der Waals surface area (Å²) in [5, 5.41) is 23.0. The van der Waals surface area contributed by atoms with Gasteiger partial charge in [0, 0.05) is 19.5 Å². The smallest absolute Gasteiger partial charge is 0.139 e. The van der Waals surface area contributed by atoms with Gasteiger partial charge in [-0.15, -0.1) is 0 Å². The molecule has 1 fully saturated rings. The van der Waals surface area contributed by atoms with Crippen molar-refractivity contribution in [1.82, 2.24) is 5.32 Å². The van der Waals surface area contributed by atoms with Crippen LogP contribution in [0.5, 0.6) is 0 Å². The molecule has 0 amide bonds. The van der Waals surface area contributed by atoms with E-state index in [1.165, 1.54) is 0 Å². The molecule has 1 saturated carbocycles. The van der Waals surface area contributed by atoms with Crippen LogP contribution in [-0.2, 0) is 0 Å². The van der Waals surface area contributed by atoms with E-state index in [9.17, 15) is 0 Å². The highest BCUT2D eigenvalue weighted by Gasteiger charge is 2.42. The van der Waals surface area contributed by atoms with E-state index in [1.807, 2.05) is 0 Å². The Bertz CT molecular complexity index is 190. The minimum Gasteiger partial charge on any atom is -0.409 e. The topological polar surface area (TPSA) is 90.9 Å². The maximum Gasteiger partial charge on any atom is 0.139 e. The summed E-state index contributed by atoms with van der Waals surface area (Å²) in [6, 6.07) is 0. The minimum absolute atomic E-state index is 0.152. The molecule has 0 aromatic rings. The summed E-state index contributed by atoms with van der Waals surface area (Å²) in [6.07, 6.45) is 2.87. The molecule has 5 nitrogen and oxygen atoms in total. The Hall–Kier alpha value is -0.810. The van der Waals surface area contributed by atoms with Gasteiger partial charge in [0.25, 0.3) is 0 Å². The summed E-state index contributed by atoms with van der Waals surface area (Å²) in [7, 11) is 0. The Morgan fingerprint density at radius 2 is 2.23 bits per heavy atom. The zero-order valence-electron chi connectivity index (χ0n) is 7.66. The molecule has 0 aromatic carbocycles. The number of aliphatic hydroxyl groups is 1. The van der Waals surface area contributed by atoms with Gasteiger partial charge in [-0.2, -0.15) is 0 Å². The number of hydrogen-bond acceptors (Lipinski definition) is 4. The van der Waals surface area contributed by atoms with Gasteiger partial charge in [0.2, 0.25) is 0 Å². The summed E-state index contributed by atoms with van der Waals surface area (Å²) in [4.78, 5) is 0. The number of aliphatic hydroxyl groups excluding tert-OH is 1. The molecule has 76 valence electrons. The summed E-state index contributed by atoms with van der Waals surface area (Å²) < 4.78 is 0. The second kappa shape index (κ2) is 4.43. The monoisotopic (exact) mass is 187 g/mol. The Labute approximate surface area is 77.6 Å². The van der Waals surface area contributed by atoms with Gasteiger partial charge in [0.1, 0.15) is 5.84 Å². The van der Waals surface area contributed by atoms with Crippen LogP contribution >= 0.6 is 0 Å². The van der Waals surface area contributed by atoms with Crippen LogP contribution in [0.3, 0.4) is 0 Å². The summed E-state index contributed by atoms with van der Waals surface area (Å²) in [5.74, 6) is 0.295. The fourth-order valence-electron chi connectivity index (χ4n) is 1.45. The summed E-state index contributed by atoms with van der Waals surface area (Å²) in [6.45, 7) is 1.60. The maximum absolute atomic E-state index is 8.56. The standard InChI is InChI=1S/C8H17N3O2/c9-7(11-13)5-8(1-2-8)6-10-3-4-12/h10,12-13H,1-6H2,(H2,9,11). The van der Waals surface area contributed by atoms with Crippen molar-refractivity contribution in [2.45, 2.75) is 19.3 Å². The van der Waals surface area contributed by atoms with E-state index in [0.29, 0.717) is 18.8 Å². The van der Waals surface area contributed by atoms with Crippen LogP contribution in [-0.4, -0.2) is 35.8 Å². The van der Waals surface area contributed by atoms with E-state index in [2.05, 4.69) is 10.5 Å². The molecule has 0 aromatic heterocycles. The van der Waals surface area contributed by atoms with Crippen molar-refractivity contribution in [2.24, 2.45) is 16.3 Å². The van der Waals surface area contributed by atoms with E-state index in [0.717, 1.165) is 19.4 Å². The lowest BCUT2D eigenvalue weighted by Gasteiger charge is -2.14. The fourth-order valence-corrected chi connectivity index (χ4v) is 1.45. The molecule has 0 saturated heterocycles. The molecule has 1 aliphatic rings. The average molecular weight is 187 g/mol. The van der Waals surface area contributed by atoms with Crippen molar-refractivity contribution in [2.75, 3.05) is 19.7 Å². The highest BCUT2D eigenvalue weighted by Crippen LogP contribution is 2.48. The first kappa shape index (κ1) is 10.3. The number of nitrogens with two attached hydrogens (primary N) is 1. The first-order valence-corrected chi connectivity index (χ1v) is 4.50. The SMILES string of the molecule is NC(CC1(CNCCO)CC1)=NO. The molecule has 0 unspecified atom stereocenters. The van der Waals surface area contributed by atoms with Gasteiger partial charge in [-0.25, -0.2) is 0 Å². The van der Waals surface area contributed by atoms with Crippen LogP contribution in [0.2, 0.25) is 0 Å². The molecular formula is C8H17N3O2. The second-order valence-corrected chi connectivity index (χ2v) is 3.67. The van der Waals surface area contributed by atoms with Gasteiger partial charge in [0.15, 0.2) is 0 Å². The molecule has 0 atom stereocenters. The van der Waals surface area contributed by atoms with Crippen LogP contribution in [0.25, 0.3) is 0 Å². The minimum atomic E-state index is 0.152. The molecule has 0 aliphatic heterocycles. The quantitative estimate of drug-likeness (QED) is 0.148. The number of oxime groups is 1. The van der Waals surface area contributed by atoms with Gasteiger partial charge in [-0.3, -0.25) is 0 Å². The number of hydrogen-bond donors (Lipinski definition) is 4. The van der Waals surface area contributed by atoms with Crippen molar-refractivity contribution >= 4 is 5.84 Å². The van der Waals surface area contributed by atoms with Crippen molar-refractivity contribution in [3.05, 3.63) is 0 Å². The predicted octanol–water partition coefficient (Wildman–Crippen LogP) is -0.515. The average Bonchev–Trinajstić information content (AvgIpc) is 2.86. The van der Waals surface area contributed by atoms with Crippen molar-refractivity contribution in [1.29, 1.82) is 0 Å². The van der Waals surface area contributed by atoms with E-state index < -0.39 is 0 Å². The van der Waals surface area contributed by atoms with E-state index in [-0.39, 0.29) is 12.0 Å². The predicted molar refractivity (Wildman–Crippen MR) is 49.6 cm³/mol. The Morgan fingerprint density at radius 1 is 1.54 bits per heavy atom. The molecule has 0 bridgehead atoms. The molecule has 0 spiro atoms. The van der Waals surface area contributed by atoms with E-state index in [4.69, 9.17) is 16.0 Å². The summed E-state index contributed by atoms with van der Waals surface area (Å²) >= 11 is 0. The van der Waals surface area contributed by atoms with Crippen LogP contribution in [0.15, 0.2) is 5.16 Å². The van der Waals surface area contributed by atoms with Gasteiger partial charge in [0.05, 0.1) is 6.61 Å². The van der Waals surface area contributed by atoms with Crippen LogP contribution in [0.1, 0.15) is 19.3 Å². The van der Waals surface area contributed by atoms with E-state index >= 15 is 0 Å². The highest BCUT2D eigenvalue weighted by atomic mass is 16.4. The zero-order valence-corrected chi connectivity index (χ0v) is 7.66. The third-order valence-electron chi connectivity index (χ3n) is 2.43. The highest BCUT2D eigenvalue weighted by molar-refractivity contribution is 5.80. The largest absolute Gasteiger partial charge is 0.409 e. The van der Waals surface area contributed by atoms with Crippen molar-refractivity contribution in [3.63, 3.8) is 0 Å². The maximum atomic E-state index is 8.56. The van der Waals surface area contributed by atoms with Gasteiger partial charge in [-0.1, -0.05) is 5.16 Å². The molecule has 5 N–H and O–H groups in total. The van der Waals surface area contributed by atoms with Crippen LogP contribution in [0.4, 0.5) is 0 Å². The number of amidine groups is 1. The first-order valence-electron chi connectivity index (χ1n) is 4.50. The fraction of sp³-hybridized carbons (Fsp3) is 0.875. The third-order valence-corrected chi connectivity index (χ3v) is 2.43. The second-order valence-electron chi connectivity index (χ2n) is 3.67. The molecule has 1 aliphatic carbocycles. The molecule has 13 heavy (non-hydrogen) atoms. The zero-order chi connectivity index (χ0) is 9.73. The lowest BCUT2D eigenvalue weighted by molar-refractivity contribution is 0.285. The number of nitrogens with zero attached hydrogens (tertiary/aromatic N) is 1. The Balaban J connectivity index is 2.22. The molecular weight excluding hydrogens is 170 g/mol. The molecule has 0 heterocycles. The number of rotatable bonds is 6. The first-order chi connectivity index (χ1) is 6.22. The lowest BCUT2D eigenvalue weighted by atomic mass is 10.0. The molecule has 5 heteroatoms. The Morgan fingerprint density at radius 3 is 2.69 bits per heavy atom.